The fourth-order valence-corrected chi connectivity index (χ4v) is 3.50. The quantitative estimate of drug-likeness (QED) is 0.834. The molecule has 0 aromatic heterocycles. The molecular formula is C15H27N3O3. The lowest BCUT2D eigenvalue weighted by atomic mass is 9.93. The van der Waals surface area contributed by atoms with Crippen molar-refractivity contribution in [3.05, 3.63) is 0 Å². The van der Waals surface area contributed by atoms with Gasteiger partial charge in [0.25, 0.3) is 0 Å². The van der Waals surface area contributed by atoms with Gasteiger partial charge >= 0.3 is 12.0 Å². The van der Waals surface area contributed by atoms with Gasteiger partial charge in [0.1, 0.15) is 5.54 Å². The van der Waals surface area contributed by atoms with E-state index in [0.717, 1.165) is 26.1 Å². The maximum Gasteiger partial charge on any atom is 0.329 e. The van der Waals surface area contributed by atoms with Gasteiger partial charge in [0, 0.05) is 26.7 Å². The first kappa shape index (κ1) is 16.1. The Hall–Kier alpha value is -1.30. The number of rotatable bonds is 5. The Morgan fingerprint density at radius 2 is 1.86 bits per heavy atom. The molecule has 0 bridgehead atoms. The van der Waals surface area contributed by atoms with E-state index >= 15 is 0 Å². The van der Waals surface area contributed by atoms with Crippen molar-refractivity contribution in [2.45, 2.75) is 44.6 Å². The van der Waals surface area contributed by atoms with Crippen LogP contribution in [0.5, 0.6) is 0 Å². The zero-order chi connectivity index (χ0) is 15.5. The van der Waals surface area contributed by atoms with Gasteiger partial charge in [-0.25, -0.2) is 9.59 Å². The van der Waals surface area contributed by atoms with Gasteiger partial charge in [0.05, 0.1) is 0 Å². The summed E-state index contributed by atoms with van der Waals surface area (Å²) in [4.78, 5) is 29.8. The zero-order valence-electron chi connectivity index (χ0n) is 13.2. The van der Waals surface area contributed by atoms with Gasteiger partial charge in [-0.05, 0) is 45.2 Å². The van der Waals surface area contributed by atoms with Gasteiger partial charge < -0.3 is 19.8 Å². The van der Waals surface area contributed by atoms with Crippen LogP contribution in [-0.2, 0) is 4.79 Å². The summed E-state index contributed by atoms with van der Waals surface area (Å²) >= 11 is 0. The number of urea groups is 1. The first-order chi connectivity index (χ1) is 10.0. The Morgan fingerprint density at radius 3 is 2.43 bits per heavy atom. The van der Waals surface area contributed by atoms with E-state index in [9.17, 15) is 14.7 Å². The molecule has 0 aromatic carbocycles. The van der Waals surface area contributed by atoms with Crippen LogP contribution in [0.4, 0.5) is 4.79 Å². The Morgan fingerprint density at radius 1 is 1.19 bits per heavy atom. The molecule has 21 heavy (non-hydrogen) atoms. The third-order valence-electron chi connectivity index (χ3n) is 4.98. The van der Waals surface area contributed by atoms with Gasteiger partial charge in [-0.1, -0.05) is 6.92 Å². The van der Waals surface area contributed by atoms with E-state index in [2.05, 4.69) is 4.90 Å². The summed E-state index contributed by atoms with van der Waals surface area (Å²) < 4.78 is 0. The van der Waals surface area contributed by atoms with Crippen LogP contribution >= 0.6 is 0 Å². The summed E-state index contributed by atoms with van der Waals surface area (Å²) in [6.07, 6.45) is 4.27. The average Bonchev–Trinajstić information content (AvgIpc) is 3.13. The number of nitrogens with zero attached hydrogens (tertiary/aromatic N) is 3. The molecule has 120 valence electrons. The number of likely N-dealkylation sites (tertiary alicyclic amines) is 2. The van der Waals surface area contributed by atoms with Crippen molar-refractivity contribution in [2.75, 3.05) is 39.8 Å². The minimum Gasteiger partial charge on any atom is -0.479 e. The first-order valence-electron chi connectivity index (χ1n) is 8.00. The van der Waals surface area contributed by atoms with Crippen LogP contribution in [-0.4, -0.2) is 77.1 Å². The molecule has 1 atom stereocenters. The fraction of sp³-hybridized carbons (Fsp3) is 0.867. The predicted octanol–water partition coefficient (Wildman–Crippen LogP) is 1.46. The van der Waals surface area contributed by atoms with Crippen molar-refractivity contribution in [1.82, 2.24) is 14.7 Å². The van der Waals surface area contributed by atoms with Gasteiger partial charge in [-0.15, -0.1) is 0 Å². The third kappa shape index (κ3) is 3.15. The lowest BCUT2D eigenvalue weighted by Gasteiger charge is -2.36. The second kappa shape index (κ2) is 6.64. The summed E-state index contributed by atoms with van der Waals surface area (Å²) in [7, 11) is 1.78. The molecule has 0 saturated carbocycles. The van der Waals surface area contributed by atoms with Crippen molar-refractivity contribution in [3.63, 3.8) is 0 Å². The molecule has 2 rings (SSSR count). The summed E-state index contributed by atoms with van der Waals surface area (Å²) in [5, 5.41) is 9.55. The predicted molar refractivity (Wildman–Crippen MR) is 80.3 cm³/mol. The molecule has 1 N–H and O–H groups in total. The maximum absolute atomic E-state index is 12.6. The Labute approximate surface area is 126 Å². The summed E-state index contributed by atoms with van der Waals surface area (Å²) in [6.45, 7) is 6.16. The monoisotopic (exact) mass is 297 g/mol. The zero-order valence-corrected chi connectivity index (χ0v) is 13.2. The number of carbonyl (C=O) groups excluding carboxylic acids is 1. The van der Waals surface area contributed by atoms with Crippen LogP contribution in [0.3, 0.4) is 0 Å². The van der Waals surface area contributed by atoms with Crippen molar-refractivity contribution in [2.24, 2.45) is 0 Å². The van der Waals surface area contributed by atoms with Crippen LogP contribution in [0, 0.1) is 0 Å². The smallest absolute Gasteiger partial charge is 0.329 e. The van der Waals surface area contributed by atoms with Gasteiger partial charge in [0.2, 0.25) is 0 Å². The first-order valence-corrected chi connectivity index (χ1v) is 8.00. The van der Waals surface area contributed by atoms with Crippen molar-refractivity contribution < 1.29 is 14.7 Å². The number of amides is 2. The molecule has 2 fully saturated rings. The summed E-state index contributed by atoms with van der Waals surface area (Å²) in [5.41, 5.74) is -1.00. The van der Waals surface area contributed by atoms with Crippen molar-refractivity contribution in [3.8, 4) is 0 Å². The molecule has 2 aliphatic heterocycles. The second-order valence-corrected chi connectivity index (χ2v) is 6.20. The highest BCUT2D eigenvalue weighted by atomic mass is 16.4. The topological polar surface area (TPSA) is 64.1 Å². The molecule has 0 spiro atoms. The molecule has 6 heteroatoms. The van der Waals surface area contributed by atoms with Gasteiger partial charge in [0.15, 0.2) is 0 Å². The van der Waals surface area contributed by atoms with E-state index in [-0.39, 0.29) is 6.03 Å². The highest BCUT2D eigenvalue weighted by Crippen LogP contribution is 2.33. The summed E-state index contributed by atoms with van der Waals surface area (Å²) in [6, 6.07) is -0.143. The largest absolute Gasteiger partial charge is 0.479 e. The van der Waals surface area contributed by atoms with E-state index in [4.69, 9.17) is 0 Å². The number of carboxylic acid groups (broad SMARTS) is 1. The highest BCUT2D eigenvalue weighted by Gasteiger charge is 2.49. The number of aliphatic carboxylic acids is 1. The number of carbonyl (C=O) groups is 2. The van der Waals surface area contributed by atoms with Crippen LogP contribution in [0.25, 0.3) is 0 Å². The molecule has 0 radical (unpaired) electrons. The molecule has 0 aromatic rings. The molecule has 2 amide bonds. The molecule has 6 nitrogen and oxygen atoms in total. The molecule has 2 saturated heterocycles. The SMILES string of the molecule is CCC1(C(=O)O)CCCN1C(=O)N(C)CCN1CCCC1. The van der Waals surface area contributed by atoms with E-state index in [1.807, 2.05) is 6.92 Å². The van der Waals surface area contributed by atoms with E-state index in [0.29, 0.717) is 25.9 Å². The molecule has 2 heterocycles. The van der Waals surface area contributed by atoms with Crippen LogP contribution in [0.2, 0.25) is 0 Å². The van der Waals surface area contributed by atoms with E-state index in [1.54, 1.807) is 16.8 Å². The highest BCUT2D eigenvalue weighted by molar-refractivity contribution is 5.87. The lowest BCUT2D eigenvalue weighted by Crippen LogP contribution is -2.56. The average molecular weight is 297 g/mol. The number of carboxylic acids is 1. The third-order valence-corrected chi connectivity index (χ3v) is 4.98. The minimum atomic E-state index is -1.00. The molecular weight excluding hydrogens is 270 g/mol. The van der Waals surface area contributed by atoms with E-state index in [1.165, 1.54) is 12.8 Å². The normalized spacial score (nSPS) is 26.3. The molecule has 0 aliphatic carbocycles. The van der Waals surface area contributed by atoms with Gasteiger partial charge in [-0.3, -0.25) is 0 Å². The minimum absolute atomic E-state index is 0.143. The number of hydrogen-bond donors (Lipinski definition) is 1. The van der Waals surface area contributed by atoms with Crippen LogP contribution < -0.4 is 0 Å². The fourth-order valence-electron chi connectivity index (χ4n) is 3.50. The van der Waals surface area contributed by atoms with Crippen molar-refractivity contribution >= 4 is 12.0 Å². The van der Waals surface area contributed by atoms with E-state index < -0.39 is 11.5 Å². The van der Waals surface area contributed by atoms with Crippen LogP contribution in [0.15, 0.2) is 0 Å². The molecule has 1 unspecified atom stereocenters. The summed E-state index contributed by atoms with van der Waals surface area (Å²) in [5.74, 6) is -0.871. The maximum atomic E-state index is 12.6. The Balaban J connectivity index is 1.95. The lowest BCUT2D eigenvalue weighted by molar-refractivity contribution is -0.148. The number of likely N-dealkylation sites (N-methyl/N-ethyl adjacent to an activating group) is 1. The number of hydrogen-bond acceptors (Lipinski definition) is 3. The van der Waals surface area contributed by atoms with Crippen LogP contribution in [0.1, 0.15) is 39.0 Å². The van der Waals surface area contributed by atoms with Crippen molar-refractivity contribution in [1.29, 1.82) is 0 Å². The Bertz CT molecular complexity index is 396. The standard InChI is InChI=1S/C15H27N3O3/c1-3-15(13(19)20)7-6-10-18(15)14(21)16(2)11-12-17-8-4-5-9-17/h3-12H2,1-2H3,(H,19,20). The second-order valence-electron chi connectivity index (χ2n) is 6.20. The Kier molecular flexibility index (Phi) is 5.08. The molecule has 2 aliphatic rings. The van der Waals surface area contributed by atoms with Gasteiger partial charge in [-0.2, -0.15) is 0 Å².